The topological polar surface area (TPSA) is 65.5 Å². The Morgan fingerprint density at radius 1 is 1.65 bits per heavy atom. The van der Waals surface area contributed by atoms with Crippen LogP contribution in [0, 0.1) is 6.92 Å². The molecule has 17 heavy (non-hydrogen) atoms. The van der Waals surface area contributed by atoms with Gasteiger partial charge in [-0.1, -0.05) is 6.07 Å². The minimum absolute atomic E-state index is 0.440. The molecule has 0 saturated carbocycles. The van der Waals surface area contributed by atoms with Crippen LogP contribution in [0.25, 0.3) is 0 Å². The zero-order valence-electron chi connectivity index (χ0n) is 9.89. The van der Waals surface area contributed by atoms with Crippen LogP contribution in [0.15, 0.2) is 18.3 Å². The molecule has 0 aromatic carbocycles. The van der Waals surface area contributed by atoms with Crippen molar-refractivity contribution >= 4 is 5.97 Å². The predicted octanol–water partition coefficient (Wildman–Crippen LogP) is 0.248. The molecule has 0 aliphatic carbocycles. The highest BCUT2D eigenvalue weighted by molar-refractivity contribution is 5.74. The molecule has 2 rings (SSSR count). The summed E-state index contributed by atoms with van der Waals surface area (Å²) in [7, 11) is 0. The van der Waals surface area contributed by atoms with Crippen LogP contribution >= 0.6 is 0 Å². The van der Waals surface area contributed by atoms with Crippen molar-refractivity contribution in [1.82, 2.24) is 15.2 Å². The van der Waals surface area contributed by atoms with Gasteiger partial charge in [-0.15, -0.1) is 0 Å². The van der Waals surface area contributed by atoms with Crippen LogP contribution in [-0.4, -0.2) is 46.6 Å². The first-order chi connectivity index (χ1) is 8.16. The molecular weight excluding hydrogens is 218 g/mol. The molecule has 1 saturated heterocycles. The first-order valence-electron chi connectivity index (χ1n) is 5.76. The summed E-state index contributed by atoms with van der Waals surface area (Å²) in [5.41, 5.74) is 2.03. The first-order valence-corrected chi connectivity index (χ1v) is 5.76. The maximum atomic E-state index is 11.1. The van der Waals surface area contributed by atoms with E-state index in [-0.39, 0.29) is 0 Å². The van der Waals surface area contributed by atoms with Gasteiger partial charge in [-0.25, -0.2) is 0 Å². The standard InChI is InChI=1S/C12H17N3O2/c1-9-2-3-10(6-14-9)8-15-5-4-13-7-11(15)12(16)17/h2-3,6,11,13H,4-5,7-8H2,1H3,(H,16,17). The van der Waals surface area contributed by atoms with Crippen molar-refractivity contribution < 1.29 is 9.90 Å². The molecule has 1 fully saturated rings. The average Bonchev–Trinajstić information content (AvgIpc) is 2.32. The van der Waals surface area contributed by atoms with E-state index in [0.29, 0.717) is 13.1 Å². The van der Waals surface area contributed by atoms with Gasteiger partial charge < -0.3 is 10.4 Å². The van der Waals surface area contributed by atoms with Crippen LogP contribution in [0.1, 0.15) is 11.3 Å². The Morgan fingerprint density at radius 2 is 2.47 bits per heavy atom. The zero-order chi connectivity index (χ0) is 12.3. The van der Waals surface area contributed by atoms with Crippen LogP contribution in [0.5, 0.6) is 0 Å². The van der Waals surface area contributed by atoms with Gasteiger partial charge in [0.2, 0.25) is 0 Å². The lowest BCUT2D eigenvalue weighted by Crippen LogP contribution is -2.54. The van der Waals surface area contributed by atoms with Gasteiger partial charge in [0.05, 0.1) is 0 Å². The van der Waals surface area contributed by atoms with E-state index in [4.69, 9.17) is 5.11 Å². The molecule has 2 heterocycles. The van der Waals surface area contributed by atoms with E-state index in [0.717, 1.165) is 24.3 Å². The second-order valence-corrected chi connectivity index (χ2v) is 4.34. The van der Waals surface area contributed by atoms with Gasteiger partial charge in [0.15, 0.2) is 0 Å². The number of carboxylic acids is 1. The predicted molar refractivity (Wildman–Crippen MR) is 63.7 cm³/mol. The fraction of sp³-hybridized carbons (Fsp3) is 0.500. The number of piperazine rings is 1. The molecule has 0 radical (unpaired) electrons. The molecule has 0 spiro atoms. The number of hydrogen-bond donors (Lipinski definition) is 2. The lowest BCUT2D eigenvalue weighted by Gasteiger charge is -2.33. The molecule has 1 aliphatic heterocycles. The molecule has 5 heteroatoms. The van der Waals surface area contributed by atoms with Crippen LogP contribution < -0.4 is 5.32 Å². The van der Waals surface area contributed by atoms with Crippen molar-refractivity contribution in [3.63, 3.8) is 0 Å². The quantitative estimate of drug-likeness (QED) is 0.786. The lowest BCUT2D eigenvalue weighted by molar-refractivity contribution is -0.144. The van der Waals surface area contributed by atoms with Gasteiger partial charge in [-0.3, -0.25) is 14.7 Å². The first kappa shape index (κ1) is 12.0. The van der Waals surface area contributed by atoms with Crippen molar-refractivity contribution in [2.75, 3.05) is 19.6 Å². The molecule has 0 amide bonds. The molecule has 1 aromatic heterocycles. The molecule has 1 atom stereocenters. The number of rotatable bonds is 3. The summed E-state index contributed by atoms with van der Waals surface area (Å²) in [6.45, 7) is 4.68. The summed E-state index contributed by atoms with van der Waals surface area (Å²) < 4.78 is 0. The molecule has 1 aliphatic rings. The normalized spacial score (nSPS) is 21.4. The van der Waals surface area contributed by atoms with Crippen LogP contribution in [0.3, 0.4) is 0 Å². The number of nitrogens with one attached hydrogen (secondary N) is 1. The number of aromatic nitrogens is 1. The van der Waals surface area contributed by atoms with Gasteiger partial charge in [0.25, 0.3) is 0 Å². The summed E-state index contributed by atoms with van der Waals surface area (Å²) in [5.74, 6) is -0.766. The minimum atomic E-state index is -0.766. The summed E-state index contributed by atoms with van der Waals surface area (Å²) in [5, 5.41) is 12.2. The number of aryl methyl sites for hydroxylation is 1. The smallest absolute Gasteiger partial charge is 0.322 e. The van der Waals surface area contributed by atoms with Gasteiger partial charge in [0, 0.05) is 38.1 Å². The van der Waals surface area contributed by atoms with Crippen molar-refractivity contribution in [3.05, 3.63) is 29.6 Å². The number of aliphatic carboxylic acids is 1. The fourth-order valence-electron chi connectivity index (χ4n) is 2.01. The summed E-state index contributed by atoms with van der Waals surface area (Å²) >= 11 is 0. The third-order valence-electron chi connectivity index (χ3n) is 3.00. The monoisotopic (exact) mass is 235 g/mol. The summed E-state index contributed by atoms with van der Waals surface area (Å²) in [6, 6.07) is 3.52. The summed E-state index contributed by atoms with van der Waals surface area (Å²) in [4.78, 5) is 17.3. The average molecular weight is 235 g/mol. The fourth-order valence-corrected chi connectivity index (χ4v) is 2.01. The van der Waals surface area contributed by atoms with E-state index in [1.807, 2.05) is 30.2 Å². The number of carboxylic acid groups (broad SMARTS) is 1. The van der Waals surface area contributed by atoms with E-state index in [2.05, 4.69) is 10.3 Å². The SMILES string of the molecule is Cc1ccc(CN2CCNCC2C(=O)O)cn1. The van der Waals surface area contributed by atoms with Gasteiger partial charge >= 0.3 is 5.97 Å². The van der Waals surface area contributed by atoms with Gasteiger partial charge in [-0.05, 0) is 18.6 Å². The molecule has 92 valence electrons. The van der Waals surface area contributed by atoms with Crippen LogP contribution in [0.2, 0.25) is 0 Å². The number of nitrogens with zero attached hydrogens (tertiary/aromatic N) is 2. The molecule has 0 bridgehead atoms. The largest absolute Gasteiger partial charge is 0.480 e. The Labute approximate surface area is 100 Å². The maximum absolute atomic E-state index is 11.1. The van der Waals surface area contributed by atoms with Crippen molar-refractivity contribution in [2.24, 2.45) is 0 Å². The Morgan fingerprint density at radius 3 is 3.12 bits per heavy atom. The highest BCUT2D eigenvalue weighted by atomic mass is 16.4. The van der Waals surface area contributed by atoms with Gasteiger partial charge in [0.1, 0.15) is 6.04 Å². The van der Waals surface area contributed by atoms with E-state index in [1.165, 1.54) is 0 Å². The number of carbonyl (C=O) groups is 1. The zero-order valence-corrected chi connectivity index (χ0v) is 9.89. The van der Waals surface area contributed by atoms with E-state index in [1.54, 1.807) is 0 Å². The lowest BCUT2D eigenvalue weighted by atomic mass is 10.1. The number of pyridine rings is 1. The Hall–Kier alpha value is -1.46. The van der Waals surface area contributed by atoms with Crippen LogP contribution in [-0.2, 0) is 11.3 Å². The van der Waals surface area contributed by atoms with Gasteiger partial charge in [-0.2, -0.15) is 0 Å². The molecule has 5 nitrogen and oxygen atoms in total. The molecular formula is C12H17N3O2. The van der Waals surface area contributed by atoms with Crippen molar-refractivity contribution in [3.8, 4) is 0 Å². The Balaban J connectivity index is 2.05. The highest BCUT2D eigenvalue weighted by Crippen LogP contribution is 2.10. The van der Waals surface area contributed by atoms with E-state index < -0.39 is 12.0 Å². The maximum Gasteiger partial charge on any atom is 0.322 e. The molecule has 1 unspecified atom stereocenters. The second kappa shape index (κ2) is 5.25. The van der Waals surface area contributed by atoms with Crippen molar-refractivity contribution in [1.29, 1.82) is 0 Å². The van der Waals surface area contributed by atoms with Crippen LogP contribution in [0.4, 0.5) is 0 Å². The molecule has 2 N–H and O–H groups in total. The third-order valence-corrected chi connectivity index (χ3v) is 3.00. The Bertz CT molecular complexity index is 391. The second-order valence-electron chi connectivity index (χ2n) is 4.34. The van der Waals surface area contributed by atoms with E-state index >= 15 is 0 Å². The number of hydrogen-bond acceptors (Lipinski definition) is 4. The molecule has 1 aromatic rings. The van der Waals surface area contributed by atoms with Crippen molar-refractivity contribution in [2.45, 2.75) is 19.5 Å². The summed E-state index contributed by atoms with van der Waals surface area (Å²) in [6.07, 6.45) is 1.82. The van der Waals surface area contributed by atoms with E-state index in [9.17, 15) is 4.79 Å². The minimum Gasteiger partial charge on any atom is -0.480 e. The third kappa shape index (κ3) is 3.01. The Kier molecular flexibility index (Phi) is 3.71. The highest BCUT2D eigenvalue weighted by Gasteiger charge is 2.27.